The Morgan fingerprint density at radius 1 is 0.955 bits per heavy atom. The summed E-state index contributed by atoms with van der Waals surface area (Å²) in [5.74, 6) is -4.29. The van der Waals surface area contributed by atoms with Crippen molar-refractivity contribution in [2.24, 2.45) is 0 Å². The molecular formula is C16H24O6. The molecule has 0 aromatic rings. The normalized spacial score (nSPS) is 13.1. The quantitative estimate of drug-likeness (QED) is 0.219. The van der Waals surface area contributed by atoms with Gasteiger partial charge in [0, 0.05) is 0 Å². The molecule has 0 radical (unpaired) electrons. The van der Waals surface area contributed by atoms with Gasteiger partial charge >= 0.3 is 11.9 Å². The summed E-state index contributed by atoms with van der Waals surface area (Å²) < 4.78 is 5.22. The number of carbonyl (C=O) groups is 4. The van der Waals surface area contributed by atoms with Crippen molar-refractivity contribution >= 4 is 23.5 Å². The number of carbonyl (C=O) groups excluding carboxylic acids is 3. The Labute approximate surface area is 130 Å². The van der Waals surface area contributed by atoms with Gasteiger partial charge < -0.3 is 9.84 Å². The van der Waals surface area contributed by atoms with E-state index in [4.69, 9.17) is 9.84 Å². The zero-order valence-corrected chi connectivity index (χ0v) is 13.6. The number of aliphatic carboxylic acids is 1. The number of ketones is 2. The van der Waals surface area contributed by atoms with Gasteiger partial charge in [0.25, 0.3) is 0 Å². The van der Waals surface area contributed by atoms with Crippen molar-refractivity contribution in [3.63, 3.8) is 0 Å². The summed E-state index contributed by atoms with van der Waals surface area (Å²) in [7, 11) is 0. The van der Waals surface area contributed by atoms with Crippen molar-refractivity contribution in [2.45, 2.75) is 65.9 Å². The summed E-state index contributed by atoms with van der Waals surface area (Å²) in [5, 5.41) is 9.04. The molecule has 0 aromatic heterocycles. The Balaban J connectivity index is 5.31. The van der Waals surface area contributed by atoms with Gasteiger partial charge in [0.2, 0.25) is 0 Å². The van der Waals surface area contributed by atoms with Crippen LogP contribution in [0.3, 0.4) is 0 Å². The second-order valence-electron chi connectivity index (χ2n) is 5.10. The standard InChI is InChI=1S/C16H24O6/c1-5-7-8-9-12(6-2)22-16(21)14(11(4)18)13(10(3)17)15(19)20/h12H,5-9H2,1-4H3,(H,19,20). The predicted octanol–water partition coefficient (Wildman–Crippen LogP) is 2.45. The number of carboxylic acids is 1. The second kappa shape index (κ2) is 9.87. The third kappa shape index (κ3) is 6.20. The van der Waals surface area contributed by atoms with Crippen LogP contribution in [-0.4, -0.2) is 34.7 Å². The molecular weight excluding hydrogens is 288 g/mol. The molecule has 6 nitrogen and oxygen atoms in total. The Morgan fingerprint density at radius 3 is 1.86 bits per heavy atom. The van der Waals surface area contributed by atoms with Crippen molar-refractivity contribution in [2.75, 3.05) is 0 Å². The fourth-order valence-corrected chi connectivity index (χ4v) is 2.03. The number of hydrogen-bond acceptors (Lipinski definition) is 5. The molecule has 6 heteroatoms. The monoisotopic (exact) mass is 312 g/mol. The summed E-state index contributed by atoms with van der Waals surface area (Å²) in [6.07, 6.45) is 3.70. The van der Waals surface area contributed by atoms with Crippen LogP contribution in [0.25, 0.3) is 0 Å². The van der Waals surface area contributed by atoms with Gasteiger partial charge in [-0.05, 0) is 33.1 Å². The molecule has 22 heavy (non-hydrogen) atoms. The van der Waals surface area contributed by atoms with E-state index < -0.39 is 40.8 Å². The van der Waals surface area contributed by atoms with Crippen LogP contribution in [0.2, 0.25) is 0 Å². The maximum absolute atomic E-state index is 12.1. The molecule has 1 unspecified atom stereocenters. The topological polar surface area (TPSA) is 97.7 Å². The number of unbranched alkanes of at least 4 members (excludes halogenated alkanes) is 2. The maximum atomic E-state index is 12.1. The van der Waals surface area contributed by atoms with Crippen LogP contribution in [-0.2, 0) is 23.9 Å². The number of esters is 1. The Kier molecular flexibility index (Phi) is 8.98. The highest BCUT2D eigenvalue weighted by Crippen LogP contribution is 2.16. The summed E-state index contributed by atoms with van der Waals surface area (Å²) in [4.78, 5) is 46.2. The number of rotatable bonds is 10. The zero-order valence-electron chi connectivity index (χ0n) is 13.6. The van der Waals surface area contributed by atoms with Crippen LogP contribution in [0, 0.1) is 0 Å². The van der Waals surface area contributed by atoms with Crippen LogP contribution in [0.4, 0.5) is 0 Å². The molecule has 0 aromatic carbocycles. The first-order valence-corrected chi connectivity index (χ1v) is 7.46. The van der Waals surface area contributed by atoms with Gasteiger partial charge in [-0.1, -0.05) is 26.7 Å². The van der Waals surface area contributed by atoms with Crippen molar-refractivity contribution in [3.8, 4) is 0 Å². The van der Waals surface area contributed by atoms with E-state index in [0.717, 1.165) is 33.1 Å². The van der Waals surface area contributed by atoms with Crippen LogP contribution in [0.1, 0.15) is 59.8 Å². The molecule has 0 saturated carbocycles. The highest BCUT2D eigenvalue weighted by Gasteiger charge is 2.29. The maximum Gasteiger partial charge on any atom is 0.343 e. The molecule has 0 heterocycles. The molecule has 0 bridgehead atoms. The van der Waals surface area contributed by atoms with Gasteiger partial charge in [-0.3, -0.25) is 9.59 Å². The van der Waals surface area contributed by atoms with E-state index in [-0.39, 0.29) is 0 Å². The van der Waals surface area contributed by atoms with Crippen molar-refractivity contribution in [3.05, 3.63) is 11.1 Å². The van der Waals surface area contributed by atoms with Crippen molar-refractivity contribution in [1.29, 1.82) is 0 Å². The van der Waals surface area contributed by atoms with Gasteiger partial charge in [-0.15, -0.1) is 0 Å². The third-order valence-corrected chi connectivity index (χ3v) is 3.23. The number of Topliss-reactive ketones (excluding diaryl/α,β-unsaturated/α-hetero) is 2. The summed E-state index contributed by atoms with van der Waals surface area (Å²) in [5.41, 5.74) is -1.50. The average molecular weight is 312 g/mol. The Bertz CT molecular complexity index is 459. The van der Waals surface area contributed by atoms with E-state index in [1.54, 1.807) is 0 Å². The van der Waals surface area contributed by atoms with Gasteiger partial charge in [-0.25, -0.2) is 9.59 Å². The zero-order chi connectivity index (χ0) is 17.3. The first-order chi connectivity index (χ1) is 10.3. The second-order valence-corrected chi connectivity index (χ2v) is 5.10. The fraction of sp³-hybridized carbons (Fsp3) is 0.625. The molecule has 0 fully saturated rings. The van der Waals surface area contributed by atoms with Crippen LogP contribution in [0.5, 0.6) is 0 Å². The van der Waals surface area contributed by atoms with Gasteiger partial charge in [0.05, 0.1) is 0 Å². The van der Waals surface area contributed by atoms with E-state index in [9.17, 15) is 19.2 Å². The summed E-state index contributed by atoms with van der Waals surface area (Å²) in [6.45, 7) is 5.93. The van der Waals surface area contributed by atoms with E-state index in [1.807, 2.05) is 6.92 Å². The van der Waals surface area contributed by atoms with E-state index in [1.165, 1.54) is 0 Å². The lowest BCUT2D eigenvalue weighted by molar-refractivity contribution is -0.147. The van der Waals surface area contributed by atoms with Gasteiger partial charge in [-0.2, -0.15) is 0 Å². The highest BCUT2D eigenvalue weighted by atomic mass is 16.5. The van der Waals surface area contributed by atoms with Gasteiger partial charge in [0.1, 0.15) is 17.3 Å². The average Bonchev–Trinajstić information content (AvgIpc) is 2.41. The van der Waals surface area contributed by atoms with Crippen molar-refractivity contribution in [1.82, 2.24) is 0 Å². The van der Waals surface area contributed by atoms with Crippen molar-refractivity contribution < 1.29 is 29.0 Å². The van der Waals surface area contributed by atoms with E-state index in [0.29, 0.717) is 12.8 Å². The molecule has 0 aliphatic heterocycles. The first-order valence-electron chi connectivity index (χ1n) is 7.46. The van der Waals surface area contributed by atoms with E-state index >= 15 is 0 Å². The molecule has 0 rings (SSSR count). The number of carboxylic acid groups (broad SMARTS) is 1. The minimum atomic E-state index is -1.60. The molecule has 124 valence electrons. The molecule has 0 aliphatic carbocycles. The minimum absolute atomic E-state index is 0.393. The SMILES string of the molecule is CCCCCC(CC)OC(=O)C(C(C)=O)=C(C(C)=O)C(=O)O. The Morgan fingerprint density at radius 2 is 1.50 bits per heavy atom. The molecule has 0 amide bonds. The molecule has 0 saturated heterocycles. The molecule has 1 atom stereocenters. The van der Waals surface area contributed by atoms with Crippen LogP contribution in [0.15, 0.2) is 11.1 Å². The lowest BCUT2D eigenvalue weighted by atomic mass is 10.0. The van der Waals surface area contributed by atoms with Crippen LogP contribution >= 0.6 is 0 Å². The molecule has 0 aliphatic rings. The highest BCUT2D eigenvalue weighted by molar-refractivity contribution is 6.29. The van der Waals surface area contributed by atoms with E-state index in [2.05, 4.69) is 6.92 Å². The fourth-order valence-electron chi connectivity index (χ4n) is 2.03. The predicted molar refractivity (Wildman–Crippen MR) is 80.3 cm³/mol. The largest absolute Gasteiger partial charge is 0.478 e. The Hall–Kier alpha value is -1.98. The molecule has 0 spiro atoms. The smallest absolute Gasteiger partial charge is 0.343 e. The summed E-state index contributed by atoms with van der Waals surface area (Å²) in [6, 6.07) is 0. The lowest BCUT2D eigenvalue weighted by Crippen LogP contribution is -2.26. The minimum Gasteiger partial charge on any atom is -0.478 e. The van der Waals surface area contributed by atoms with Gasteiger partial charge in [0.15, 0.2) is 11.6 Å². The first kappa shape index (κ1) is 20.0. The number of hydrogen-bond donors (Lipinski definition) is 1. The lowest BCUT2D eigenvalue weighted by Gasteiger charge is -2.17. The number of ether oxygens (including phenoxy) is 1. The molecule has 1 N–H and O–H groups in total. The summed E-state index contributed by atoms with van der Waals surface area (Å²) >= 11 is 0. The van der Waals surface area contributed by atoms with Crippen LogP contribution < -0.4 is 0 Å². The third-order valence-electron chi connectivity index (χ3n) is 3.23.